The summed E-state index contributed by atoms with van der Waals surface area (Å²) in [6.07, 6.45) is 6.92. The van der Waals surface area contributed by atoms with Gasteiger partial charge in [-0.1, -0.05) is 38.3 Å². The summed E-state index contributed by atoms with van der Waals surface area (Å²) in [6, 6.07) is 15.9. The molecule has 0 bridgehead atoms. The SMILES string of the molecule is CCCCCCOc1ccc(C(=O)N(Cc2ccc(N(C)C)cc2)CC2CCCO2)cc1. The van der Waals surface area contributed by atoms with Crippen molar-refractivity contribution < 1.29 is 14.3 Å². The summed E-state index contributed by atoms with van der Waals surface area (Å²) in [5.41, 5.74) is 2.95. The first-order valence-electron chi connectivity index (χ1n) is 12.0. The van der Waals surface area contributed by atoms with Gasteiger partial charge in [0.1, 0.15) is 5.75 Å². The molecule has 1 aliphatic heterocycles. The first kappa shape index (κ1) is 24.1. The number of unbranched alkanes of at least 4 members (excludes halogenated alkanes) is 3. The Kier molecular flexibility index (Phi) is 9.42. The standard InChI is InChI=1S/C27H38N2O3/c1-4-5-6-7-18-31-25-16-12-23(13-17-25)27(30)29(21-26-9-8-19-32-26)20-22-10-14-24(15-11-22)28(2)3/h10-17,26H,4-9,18-21H2,1-3H3. The third-order valence-electron chi connectivity index (χ3n) is 5.93. The lowest BCUT2D eigenvalue weighted by molar-refractivity contribution is 0.0507. The zero-order valence-electron chi connectivity index (χ0n) is 19.9. The van der Waals surface area contributed by atoms with Gasteiger partial charge in [-0.25, -0.2) is 0 Å². The van der Waals surface area contributed by atoms with E-state index in [0.29, 0.717) is 18.7 Å². The zero-order valence-corrected chi connectivity index (χ0v) is 19.9. The fraction of sp³-hybridized carbons (Fsp3) is 0.519. The van der Waals surface area contributed by atoms with Crippen molar-refractivity contribution in [3.8, 4) is 5.75 Å². The summed E-state index contributed by atoms with van der Waals surface area (Å²) in [5.74, 6) is 0.856. The van der Waals surface area contributed by atoms with E-state index in [4.69, 9.17) is 9.47 Å². The third kappa shape index (κ3) is 7.27. The minimum absolute atomic E-state index is 0.0340. The number of hydrogen-bond donors (Lipinski definition) is 0. The van der Waals surface area contributed by atoms with Gasteiger partial charge >= 0.3 is 0 Å². The molecule has 1 unspecified atom stereocenters. The topological polar surface area (TPSA) is 42.0 Å². The van der Waals surface area contributed by atoms with E-state index in [9.17, 15) is 4.79 Å². The van der Waals surface area contributed by atoms with Crippen LogP contribution in [0.4, 0.5) is 5.69 Å². The molecule has 3 rings (SSSR count). The van der Waals surface area contributed by atoms with E-state index in [-0.39, 0.29) is 12.0 Å². The summed E-state index contributed by atoms with van der Waals surface area (Å²) in [5, 5.41) is 0. The highest BCUT2D eigenvalue weighted by Gasteiger charge is 2.24. The predicted molar refractivity (Wildman–Crippen MR) is 131 cm³/mol. The first-order chi connectivity index (χ1) is 15.6. The van der Waals surface area contributed by atoms with Crippen molar-refractivity contribution in [3.63, 3.8) is 0 Å². The molecule has 1 saturated heterocycles. The Morgan fingerprint density at radius 3 is 2.41 bits per heavy atom. The maximum Gasteiger partial charge on any atom is 0.254 e. The Bertz CT molecular complexity index is 812. The Hall–Kier alpha value is -2.53. The number of ether oxygens (including phenoxy) is 2. The summed E-state index contributed by atoms with van der Waals surface area (Å²) in [6.45, 7) is 4.90. The highest BCUT2D eigenvalue weighted by molar-refractivity contribution is 5.94. The number of rotatable bonds is 12. The van der Waals surface area contributed by atoms with Crippen LogP contribution in [0.5, 0.6) is 5.75 Å². The maximum atomic E-state index is 13.4. The van der Waals surface area contributed by atoms with Crippen LogP contribution in [0.25, 0.3) is 0 Å². The summed E-state index contributed by atoms with van der Waals surface area (Å²) < 4.78 is 11.7. The van der Waals surface area contributed by atoms with E-state index < -0.39 is 0 Å². The number of nitrogens with zero attached hydrogens (tertiary/aromatic N) is 2. The zero-order chi connectivity index (χ0) is 22.8. The van der Waals surface area contributed by atoms with Crippen molar-refractivity contribution >= 4 is 11.6 Å². The van der Waals surface area contributed by atoms with E-state index in [1.54, 1.807) is 0 Å². The van der Waals surface area contributed by atoms with Crippen molar-refractivity contribution in [3.05, 3.63) is 59.7 Å². The molecule has 1 heterocycles. The predicted octanol–water partition coefficient (Wildman–Crippen LogP) is 5.53. The van der Waals surface area contributed by atoms with Crippen molar-refractivity contribution in [2.75, 3.05) is 38.8 Å². The molecule has 1 aliphatic rings. The molecule has 0 radical (unpaired) electrons. The van der Waals surface area contributed by atoms with E-state index in [2.05, 4.69) is 36.1 Å². The largest absolute Gasteiger partial charge is 0.494 e. The minimum atomic E-state index is 0.0340. The molecule has 174 valence electrons. The lowest BCUT2D eigenvalue weighted by atomic mass is 10.1. The molecule has 0 saturated carbocycles. The average Bonchev–Trinajstić information content (AvgIpc) is 3.32. The third-order valence-corrected chi connectivity index (χ3v) is 5.93. The van der Waals surface area contributed by atoms with Crippen LogP contribution in [0.2, 0.25) is 0 Å². The molecular weight excluding hydrogens is 400 g/mol. The van der Waals surface area contributed by atoms with Crippen LogP contribution in [0.15, 0.2) is 48.5 Å². The Labute approximate surface area is 193 Å². The summed E-state index contributed by atoms with van der Waals surface area (Å²) in [7, 11) is 4.06. The molecule has 2 aromatic carbocycles. The lowest BCUT2D eigenvalue weighted by Crippen LogP contribution is -2.37. The van der Waals surface area contributed by atoms with Crippen LogP contribution < -0.4 is 9.64 Å². The van der Waals surface area contributed by atoms with Crippen molar-refractivity contribution in [2.24, 2.45) is 0 Å². The maximum absolute atomic E-state index is 13.4. The van der Waals surface area contributed by atoms with E-state index in [1.807, 2.05) is 43.3 Å². The molecule has 2 aromatic rings. The summed E-state index contributed by atoms with van der Waals surface area (Å²) in [4.78, 5) is 17.4. The monoisotopic (exact) mass is 438 g/mol. The lowest BCUT2D eigenvalue weighted by Gasteiger charge is -2.26. The van der Waals surface area contributed by atoms with Crippen LogP contribution in [0.1, 0.15) is 61.4 Å². The molecule has 32 heavy (non-hydrogen) atoms. The van der Waals surface area contributed by atoms with Crippen LogP contribution in [0, 0.1) is 0 Å². The van der Waals surface area contributed by atoms with Crippen LogP contribution >= 0.6 is 0 Å². The highest BCUT2D eigenvalue weighted by Crippen LogP contribution is 2.20. The second kappa shape index (κ2) is 12.5. The van der Waals surface area contributed by atoms with Crippen molar-refractivity contribution in [1.82, 2.24) is 4.90 Å². The molecule has 1 fully saturated rings. The van der Waals surface area contributed by atoms with Crippen LogP contribution in [0.3, 0.4) is 0 Å². The molecule has 0 N–H and O–H groups in total. The molecule has 1 amide bonds. The highest BCUT2D eigenvalue weighted by atomic mass is 16.5. The molecule has 0 aromatic heterocycles. The fourth-order valence-electron chi connectivity index (χ4n) is 3.97. The summed E-state index contributed by atoms with van der Waals surface area (Å²) >= 11 is 0. The Balaban J connectivity index is 1.64. The molecule has 0 spiro atoms. The van der Waals surface area contributed by atoms with Crippen LogP contribution in [-0.4, -0.2) is 50.8 Å². The molecule has 0 aliphatic carbocycles. The van der Waals surface area contributed by atoms with Crippen LogP contribution in [-0.2, 0) is 11.3 Å². The van der Waals surface area contributed by atoms with E-state index in [1.165, 1.54) is 19.3 Å². The second-order valence-electron chi connectivity index (χ2n) is 8.82. The van der Waals surface area contributed by atoms with Gasteiger partial charge in [0, 0.05) is 45.0 Å². The molecule has 5 nitrogen and oxygen atoms in total. The van der Waals surface area contributed by atoms with Gasteiger partial charge in [-0.3, -0.25) is 4.79 Å². The van der Waals surface area contributed by atoms with Crippen molar-refractivity contribution in [1.29, 1.82) is 0 Å². The van der Waals surface area contributed by atoms with Gasteiger partial charge in [0.15, 0.2) is 0 Å². The Morgan fingerprint density at radius 2 is 1.78 bits per heavy atom. The second-order valence-corrected chi connectivity index (χ2v) is 8.82. The van der Waals surface area contributed by atoms with Gasteiger partial charge in [0.25, 0.3) is 5.91 Å². The molecular formula is C27H38N2O3. The smallest absolute Gasteiger partial charge is 0.254 e. The number of anilines is 1. The Morgan fingerprint density at radius 1 is 1.03 bits per heavy atom. The van der Waals surface area contributed by atoms with Gasteiger partial charge in [0.05, 0.1) is 12.7 Å². The quantitative estimate of drug-likeness (QED) is 0.409. The fourth-order valence-corrected chi connectivity index (χ4v) is 3.97. The van der Waals surface area contributed by atoms with Gasteiger partial charge < -0.3 is 19.3 Å². The number of carbonyl (C=O) groups is 1. The van der Waals surface area contributed by atoms with Gasteiger partial charge in [-0.05, 0) is 61.2 Å². The van der Waals surface area contributed by atoms with Gasteiger partial charge in [-0.15, -0.1) is 0 Å². The minimum Gasteiger partial charge on any atom is -0.494 e. The van der Waals surface area contributed by atoms with Gasteiger partial charge in [0.2, 0.25) is 0 Å². The number of amides is 1. The first-order valence-corrected chi connectivity index (χ1v) is 12.0. The normalized spacial score (nSPS) is 15.5. The number of benzene rings is 2. The number of hydrogen-bond acceptors (Lipinski definition) is 4. The molecule has 5 heteroatoms. The molecule has 1 atom stereocenters. The number of carbonyl (C=O) groups excluding carboxylic acids is 1. The van der Waals surface area contributed by atoms with E-state index in [0.717, 1.165) is 49.5 Å². The van der Waals surface area contributed by atoms with E-state index >= 15 is 0 Å². The van der Waals surface area contributed by atoms with Crippen molar-refractivity contribution in [2.45, 2.75) is 58.1 Å². The average molecular weight is 439 g/mol. The van der Waals surface area contributed by atoms with Gasteiger partial charge in [-0.2, -0.15) is 0 Å².